The van der Waals surface area contributed by atoms with Crippen molar-refractivity contribution >= 4 is 5.69 Å². The molecule has 0 bridgehead atoms. The molecule has 0 radical (unpaired) electrons. The van der Waals surface area contributed by atoms with Crippen LogP contribution >= 0.6 is 0 Å². The van der Waals surface area contributed by atoms with Gasteiger partial charge in [-0.15, -0.1) is 0 Å². The molecule has 0 atom stereocenters. The van der Waals surface area contributed by atoms with Crippen molar-refractivity contribution in [2.24, 2.45) is 5.73 Å². The molecule has 0 spiro atoms. The van der Waals surface area contributed by atoms with Crippen LogP contribution in [-0.4, -0.2) is 13.1 Å². The molecular weight excluding hydrogens is 184 g/mol. The fourth-order valence-corrected chi connectivity index (χ4v) is 1.73. The van der Waals surface area contributed by atoms with Crippen LogP contribution in [0.5, 0.6) is 0 Å². The van der Waals surface area contributed by atoms with E-state index in [9.17, 15) is 0 Å². The quantitative estimate of drug-likeness (QED) is 0.727. The molecular formula is C13H22N2. The standard InChI is InChI=1S/C13H22N2/c1-10(2)12-7-4-6-11(3)13(12)15-9-5-8-14/h4,6-7,10,15H,5,8-9,14H2,1-3H3. The summed E-state index contributed by atoms with van der Waals surface area (Å²) in [6.45, 7) is 8.30. The molecule has 0 saturated heterocycles. The second kappa shape index (κ2) is 5.76. The van der Waals surface area contributed by atoms with E-state index in [1.807, 2.05) is 0 Å². The largest absolute Gasteiger partial charge is 0.385 e. The summed E-state index contributed by atoms with van der Waals surface area (Å²) in [5.74, 6) is 0.560. The molecule has 0 amide bonds. The monoisotopic (exact) mass is 206 g/mol. The zero-order valence-corrected chi connectivity index (χ0v) is 10.0. The van der Waals surface area contributed by atoms with E-state index in [1.54, 1.807) is 0 Å². The Morgan fingerprint density at radius 3 is 2.67 bits per heavy atom. The number of hydrogen-bond donors (Lipinski definition) is 2. The molecule has 1 aromatic rings. The minimum atomic E-state index is 0.560. The fourth-order valence-electron chi connectivity index (χ4n) is 1.73. The maximum atomic E-state index is 5.49. The highest BCUT2D eigenvalue weighted by Crippen LogP contribution is 2.27. The molecule has 84 valence electrons. The van der Waals surface area contributed by atoms with E-state index in [0.29, 0.717) is 5.92 Å². The number of para-hydroxylation sites is 1. The van der Waals surface area contributed by atoms with Crippen LogP contribution in [0.15, 0.2) is 18.2 Å². The number of benzene rings is 1. The Morgan fingerprint density at radius 2 is 2.07 bits per heavy atom. The SMILES string of the molecule is Cc1cccc(C(C)C)c1NCCCN. The highest BCUT2D eigenvalue weighted by Gasteiger charge is 2.07. The van der Waals surface area contributed by atoms with E-state index >= 15 is 0 Å². The molecule has 0 aliphatic carbocycles. The zero-order valence-electron chi connectivity index (χ0n) is 10.0. The molecule has 0 aliphatic rings. The van der Waals surface area contributed by atoms with E-state index in [0.717, 1.165) is 19.5 Å². The minimum absolute atomic E-state index is 0.560. The first kappa shape index (κ1) is 12.1. The molecule has 0 heterocycles. The summed E-state index contributed by atoms with van der Waals surface area (Å²) in [6, 6.07) is 6.47. The topological polar surface area (TPSA) is 38.0 Å². The number of hydrogen-bond acceptors (Lipinski definition) is 2. The molecule has 1 aromatic carbocycles. The van der Waals surface area contributed by atoms with Crippen LogP contribution < -0.4 is 11.1 Å². The first-order valence-corrected chi connectivity index (χ1v) is 5.70. The van der Waals surface area contributed by atoms with Gasteiger partial charge in [0.05, 0.1) is 0 Å². The maximum absolute atomic E-state index is 5.49. The summed E-state index contributed by atoms with van der Waals surface area (Å²) >= 11 is 0. The van der Waals surface area contributed by atoms with Gasteiger partial charge in [-0.2, -0.15) is 0 Å². The van der Waals surface area contributed by atoms with E-state index in [4.69, 9.17) is 5.73 Å². The van der Waals surface area contributed by atoms with Gasteiger partial charge in [0.15, 0.2) is 0 Å². The highest BCUT2D eigenvalue weighted by molar-refractivity contribution is 5.58. The van der Waals surface area contributed by atoms with Crippen molar-refractivity contribution in [1.29, 1.82) is 0 Å². The predicted molar refractivity (Wildman–Crippen MR) is 67.4 cm³/mol. The first-order chi connectivity index (χ1) is 7.16. The third kappa shape index (κ3) is 3.24. The number of rotatable bonds is 5. The molecule has 1 rings (SSSR count). The molecule has 0 fully saturated rings. The van der Waals surface area contributed by atoms with Gasteiger partial charge in [0, 0.05) is 12.2 Å². The Kier molecular flexibility index (Phi) is 4.63. The lowest BCUT2D eigenvalue weighted by Crippen LogP contribution is -2.11. The van der Waals surface area contributed by atoms with Crippen LogP contribution in [0.1, 0.15) is 37.3 Å². The van der Waals surface area contributed by atoms with Crippen molar-refractivity contribution in [3.63, 3.8) is 0 Å². The van der Waals surface area contributed by atoms with E-state index in [2.05, 4.69) is 44.3 Å². The van der Waals surface area contributed by atoms with Crippen LogP contribution in [-0.2, 0) is 0 Å². The molecule has 15 heavy (non-hydrogen) atoms. The van der Waals surface area contributed by atoms with Gasteiger partial charge in [-0.1, -0.05) is 32.0 Å². The van der Waals surface area contributed by atoms with Gasteiger partial charge in [-0.05, 0) is 36.9 Å². The van der Waals surface area contributed by atoms with Crippen molar-refractivity contribution in [3.05, 3.63) is 29.3 Å². The Morgan fingerprint density at radius 1 is 1.33 bits per heavy atom. The van der Waals surface area contributed by atoms with E-state index in [-0.39, 0.29) is 0 Å². The summed E-state index contributed by atoms with van der Waals surface area (Å²) in [5, 5.41) is 3.48. The molecule has 0 unspecified atom stereocenters. The van der Waals surface area contributed by atoms with Gasteiger partial charge in [0.1, 0.15) is 0 Å². The lowest BCUT2D eigenvalue weighted by molar-refractivity contribution is 0.846. The van der Waals surface area contributed by atoms with Crippen LogP contribution in [0, 0.1) is 6.92 Å². The highest BCUT2D eigenvalue weighted by atomic mass is 14.9. The molecule has 2 nitrogen and oxygen atoms in total. The number of anilines is 1. The molecule has 0 aromatic heterocycles. The number of nitrogens with one attached hydrogen (secondary N) is 1. The van der Waals surface area contributed by atoms with Crippen LogP contribution in [0.4, 0.5) is 5.69 Å². The average molecular weight is 206 g/mol. The Bertz CT molecular complexity index is 305. The van der Waals surface area contributed by atoms with E-state index < -0.39 is 0 Å². The smallest absolute Gasteiger partial charge is 0.0405 e. The summed E-state index contributed by atoms with van der Waals surface area (Å²) in [4.78, 5) is 0. The van der Waals surface area contributed by atoms with Crippen LogP contribution in [0.25, 0.3) is 0 Å². The maximum Gasteiger partial charge on any atom is 0.0405 e. The second-order valence-corrected chi connectivity index (χ2v) is 4.26. The average Bonchev–Trinajstić information content (AvgIpc) is 2.20. The number of nitrogens with two attached hydrogens (primary N) is 1. The van der Waals surface area contributed by atoms with Gasteiger partial charge in [0.25, 0.3) is 0 Å². The summed E-state index contributed by atoms with van der Waals surface area (Å²) in [7, 11) is 0. The normalized spacial score (nSPS) is 10.7. The zero-order chi connectivity index (χ0) is 11.3. The summed E-state index contributed by atoms with van der Waals surface area (Å²) < 4.78 is 0. The Hall–Kier alpha value is -1.02. The first-order valence-electron chi connectivity index (χ1n) is 5.70. The lowest BCUT2D eigenvalue weighted by atomic mass is 9.98. The van der Waals surface area contributed by atoms with Gasteiger partial charge in [-0.25, -0.2) is 0 Å². The van der Waals surface area contributed by atoms with Gasteiger partial charge in [0.2, 0.25) is 0 Å². The second-order valence-electron chi connectivity index (χ2n) is 4.26. The molecule has 2 heteroatoms. The van der Waals surface area contributed by atoms with Gasteiger partial charge < -0.3 is 11.1 Å². The molecule has 0 aliphatic heterocycles. The summed E-state index contributed by atoms with van der Waals surface area (Å²) in [5.41, 5.74) is 9.49. The third-order valence-electron chi connectivity index (χ3n) is 2.61. The number of aryl methyl sites for hydroxylation is 1. The molecule has 3 N–H and O–H groups in total. The fraction of sp³-hybridized carbons (Fsp3) is 0.538. The van der Waals surface area contributed by atoms with Crippen molar-refractivity contribution in [2.45, 2.75) is 33.1 Å². The third-order valence-corrected chi connectivity index (χ3v) is 2.61. The summed E-state index contributed by atoms with van der Waals surface area (Å²) in [6.07, 6.45) is 1.02. The van der Waals surface area contributed by atoms with Crippen molar-refractivity contribution < 1.29 is 0 Å². The van der Waals surface area contributed by atoms with E-state index in [1.165, 1.54) is 16.8 Å². The minimum Gasteiger partial charge on any atom is -0.385 e. The Balaban J connectivity index is 2.82. The molecule has 0 saturated carbocycles. The lowest BCUT2D eigenvalue weighted by Gasteiger charge is -2.17. The van der Waals surface area contributed by atoms with Gasteiger partial charge >= 0.3 is 0 Å². The van der Waals surface area contributed by atoms with Crippen molar-refractivity contribution in [1.82, 2.24) is 0 Å². The van der Waals surface area contributed by atoms with Crippen molar-refractivity contribution in [3.8, 4) is 0 Å². The van der Waals surface area contributed by atoms with Crippen LogP contribution in [0.3, 0.4) is 0 Å². The predicted octanol–water partition coefficient (Wildman–Crippen LogP) is 2.88. The van der Waals surface area contributed by atoms with Crippen molar-refractivity contribution in [2.75, 3.05) is 18.4 Å². The Labute approximate surface area is 92.9 Å². The van der Waals surface area contributed by atoms with Gasteiger partial charge in [-0.3, -0.25) is 0 Å². The van der Waals surface area contributed by atoms with Crippen LogP contribution in [0.2, 0.25) is 0 Å².